The summed E-state index contributed by atoms with van der Waals surface area (Å²) in [7, 11) is 0. The third-order valence-electron chi connectivity index (χ3n) is 5.11. The zero-order valence-corrected chi connectivity index (χ0v) is 14.6. The van der Waals surface area contributed by atoms with E-state index >= 15 is 0 Å². The summed E-state index contributed by atoms with van der Waals surface area (Å²) in [5, 5.41) is 0. The molecule has 1 aliphatic heterocycles. The molecule has 3 rings (SSSR count). The average Bonchev–Trinajstić information content (AvgIpc) is 2.94. The maximum atomic E-state index is 12.6. The first-order valence-corrected chi connectivity index (χ1v) is 8.29. The number of carbonyl (C=O) groups excluding carboxylic acids is 2. The number of halogens is 3. The summed E-state index contributed by atoms with van der Waals surface area (Å²) in [5.41, 5.74) is 4.20. The quantitative estimate of drug-likeness (QED) is 0.828. The molecule has 26 heavy (non-hydrogen) atoms. The monoisotopic (exact) mass is 367 g/mol. The molecule has 1 aliphatic carbocycles. The van der Waals surface area contributed by atoms with Gasteiger partial charge in [-0.3, -0.25) is 14.6 Å². The minimum atomic E-state index is -4.54. The molecular formula is C18H20F3N3O2. The molecule has 2 aliphatic rings. The smallest absolute Gasteiger partial charge is 0.396 e. The van der Waals surface area contributed by atoms with Gasteiger partial charge in [-0.25, -0.2) is 0 Å². The summed E-state index contributed by atoms with van der Waals surface area (Å²) in [6.45, 7) is 4.50. The lowest BCUT2D eigenvalue weighted by atomic mass is 9.65. The first-order chi connectivity index (χ1) is 11.9. The second kappa shape index (κ2) is 5.82. The molecule has 0 unspecified atom stereocenters. The summed E-state index contributed by atoms with van der Waals surface area (Å²) in [6.07, 6.45) is -0.603. The molecular weight excluding hydrogens is 347 g/mol. The van der Waals surface area contributed by atoms with Gasteiger partial charge in [-0.1, -0.05) is 13.8 Å². The number of rotatable bonds is 1. The predicted molar refractivity (Wildman–Crippen MR) is 87.9 cm³/mol. The van der Waals surface area contributed by atoms with Gasteiger partial charge in [0.15, 0.2) is 5.78 Å². The van der Waals surface area contributed by atoms with Crippen molar-refractivity contribution in [3.05, 3.63) is 41.4 Å². The highest BCUT2D eigenvalue weighted by molar-refractivity contribution is 6.00. The molecule has 2 N–H and O–H groups in total. The number of Topliss-reactive ketones (excluding diaryl/α,β-unsaturated/α-hetero) is 1. The second-order valence-corrected chi connectivity index (χ2v) is 7.76. The SMILES string of the molecule is CC1(C)C[C@@]2(C=C(N)C1=O)CCN(C(=O)c1ccc(C(F)(F)F)nc1)C2. The van der Waals surface area contributed by atoms with Crippen LogP contribution in [0.5, 0.6) is 0 Å². The molecule has 1 fully saturated rings. The van der Waals surface area contributed by atoms with Crippen molar-refractivity contribution in [1.29, 1.82) is 0 Å². The Morgan fingerprint density at radius 2 is 2.00 bits per heavy atom. The van der Waals surface area contributed by atoms with Crippen molar-refractivity contribution in [1.82, 2.24) is 9.88 Å². The highest BCUT2D eigenvalue weighted by Gasteiger charge is 2.48. The molecule has 1 spiro atoms. The van der Waals surface area contributed by atoms with Crippen LogP contribution in [0, 0.1) is 10.8 Å². The van der Waals surface area contributed by atoms with Crippen molar-refractivity contribution >= 4 is 11.7 Å². The molecule has 8 heteroatoms. The van der Waals surface area contributed by atoms with Gasteiger partial charge in [0.05, 0.1) is 11.3 Å². The van der Waals surface area contributed by atoms with Gasteiger partial charge in [0, 0.05) is 30.1 Å². The number of alkyl halides is 3. The lowest BCUT2D eigenvalue weighted by Gasteiger charge is -2.39. The Hall–Kier alpha value is -2.38. The third-order valence-corrected chi connectivity index (χ3v) is 5.11. The highest BCUT2D eigenvalue weighted by Crippen LogP contribution is 2.47. The van der Waals surface area contributed by atoms with Gasteiger partial charge in [0.1, 0.15) is 5.69 Å². The Morgan fingerprint density at radius 3 is 2.54 bits per heavy atom. The van der Waals surface area contributed by atoms with Crippen molar-refractivity contribution in [2.75, 3.05) is 13.1 Å². The number of nitrogens with two attached hydrogens (primary N) is 1. The molecule has 2 heterocycles. The number of aromatic nitrogens is 1. The van der Waals surface area contributed by atoms with Gasteiger partial charge in [-0.15, -0.1) is 0 Å². The summed E-state index contributed by atoms with van der Waals surface area (Å²) in [4.78, 5) is 29.7. The normalized spacial score (nSPS) is 25.5. The van der Waals surface area contributed by atoms with Gasteiger partial charge in [0.2, 0.25) is 0 Å². The first kappa shape index (κ1) is 18.4. The van der Waals surface area contributed by atoms with Crippen LogP contribution >= 0.6 is 0 Å². The van der Waals surface area contributed by atoms with E-state index in [1.165, 1.54) is 0 Å². The van der Waals surface area contributed by atoms with Gasteiger partial charge < -0.3 is 10.6 Å². The van der Waals surface area contributed by atoms with Crippen LogP contribution in [0.25, 0.3) is 0 Å². The molecule has 1 amide bonds. The summed E-state index contributed by atoms with van der Waals surface area (Å²) >= 11 is 0. The van der Waals surface area contributed by atoms with E-state index in [2.05, 4.69) is 4.98 Å². The fraction of sp³-hybridized carbons (Fsp3) is 0.500. The van der Waals surface area contributed by atoms with Crippen LogP contribution in [0.3, 0.4) is 0 Å². The number of amides is 1. The van der Waals surface area contributed by atoms with Crippen molar-refractivity contribution < 1.29 is 22.8 Å². The number of likely N-dealkylation sites (tertiary alicyclic amines) is 1. The Bertz CT molecular complexity index is 784. The van der Waals surface area contributed by atoms with E-state index in [9.17, 15) is 22.8 Å². The number of hydrogen-bond donors (Lipinski definition) is 1. The van der Waals surface area contributed by atoms with Crippen molar-refractivity contribution in [2.24, 2.45) is 16.6 Å². The standard InChI is InChI=1S/C18H20F3N3O2/c1-16(2)9-17(7-12(22)14(16)25)5-6-24(10-17)15(26)11-3-4-13(23-8-11)18(19,20)21/h3-4,7-8H,5-6,9-10,22H2,1-2H3/t17-/m0/s1. The molecule has 5 nitrogen and oxygen atoms in total. The minimum Gasteiger partial charge on any atom is -0.396 e. The largest absolute Gasteiger partial charge is 0.433 e. The van der Waals surface area contributed by atoms with E-state index in [-0.39, 0.29) is 28.4 Å². The molecule has 1 saturated heterocycles. The average molecular weight is 367 g/mol. The Kier molecular flexibility index (Phi) is 4.12. The van der Waals surface area contributed by atoms with E-state index in [0.29, 0.717) is 25.9 Å². The number of pyridine rings is 1. The van der Waals surface area contributed by atoms with E-state index in [1.807, 2.05) is 13.8 Å². The van der Waals surface area contributed by atoms with E-state index < -0.39 is 17.3 Å². The highest BCUT2D eigenvalue weighted by atomic mass is 19.4. The molecule has 1 aromatic heterocycles. The number of allylic oxidation sites excluding steroid dienone is 1. The number of hydrogen-bond acceptors (Lipinski definition) is 4. The molecule has 0 bridgehead atoms. The lowest BCUT2D eigenvalue weighted by molar-refractivity contribution is -0.141. The van der Waals surface area contributed by atoms with E-state index in [4.69, 9.17) is 5.73 Å². The Morgan fingerprint density at radius 1 is 1.31 bits per heavy atom. The van der Waals surface area contributed by atoms with Gasteiger partial charge in [-0.05, 0) is 31.1 Å². The molecule has 1 aromatic rings. The van der Waals surface area contributed by atoms with Crippen molar-refractivity contribution in [3.63, 3.8) is 0 Å². The topological polar surface area (TPSA) is 76.3 Å². The van der Waals surface area contributed by atoms with Crippen LogP contribution in [0.2, 0.25) is 0 Å². The van der Waals surface area contributed by atoms with Gasteiger partial charge in [0.25, 0.3) is 5.91 Å². The van der Waals surface area contributed by atoms with Crippen molar-refractivity contribution in [3.8, 4) is 0 Å². The fourth-order valence-corrected chi connectivity index (χ4v) is 4.00. The van der Waals surface area contributed by atoms with Crippen LogP contribution in [0.4, 0.5) is 13.2 Å². The van der Waals surface area contributed by atoms with Gasteiger partial charge >= 0.3 is 6.18 Å². The zero-order chi connectivity index (χ0) is 19.3. The number of nitrogens with zero attached hydrogens (tertiary/aromatic N) is 2. The van der Waals surface area contributed by atoms with Crippen LogP contribution in [0.1, 0.15) is 42.7 Å². The number of carbonyl (C=O) groups is 2. The maximum Gasteiger partial charge on any atom is 0.433 e. The summed E-state index contributed by atoms with van der Waals surface area (Å²) < 4.78 is 37.8. The van der Waals surface area contributed by atoms with Crippen LogP contribution in [-0.2, 0) is 11.0 Å². The Labute approximate surface area is 149 Å². The second-order valence-electron chi connectivity index (χ2n) is 7.76. The van der Waals surface area contributed by atoms with Crippen LogP contribution in [0.15, 0.2) is 30.1 Å². The molecule has 1 atom stereocenters. The number of ketones is 1. The third kappa shape index (κ3) is 3.20. The predicted octanol–water partition coefficient (Wildman–Crippen LogP) is 2.77. The van der Waals surface area contributed by atoms with E-state index in [1.54, 1.807) is 11.0 Å². The summed E-state index contributed by atoms with van der Waals surface area (Å²) in [6, 6.07) is 1.95. The Balaban J connectivity index is 1.79. The molecule has 0 aromatic carbocycles. The van der Waals surface area contributed by atoms with Gasteiger partial charge in [-0.2, -0.15) is 13.2 Å². The molecule has 140 valence electrons. The molecule has 0 radical (unpaired) electrons. The maximum absolute atomic E-state index is 12.6. The van der Waals surface area contributed by atoms with Crippen LogP contribution < -0.4 is 5.73 Å². The first-order valence-electron chi connectivity index (χ1n) is 8.29. The van der Waals surface area contributed by atoms with E-state index in [0.717, 1.165) is 18.3 Å². The summed E-state index contributed by atoms with van der Waals surface area (Å²) in [5.74, 6) is -0.468. The minimum absolute atomic E-state index is 0.0974. The zero-order valence-electron chi connectivity index (χ0n) is 14.6. The lowest BCUT2D eigenvalue weighted by Crippen LogP contribution is -2.42. The van der Waals surface area contributed by atoms with Crippen LogP contribution in [-0.4, -0.2) is 34.7 Å². The fourth-order valence-electron chi connectivity index (χ4n) is 4.00. The van der Waals surface area contributed by atoms with Crippen molar-refractivity contribution in [2.45, 2.75) is 32.9 Å². The molecule has 0 saturated carbocycles.